The second-order valence-electron chi connectivity index (χ2n) is 2.73. The molecule has 0 aliphatic carbocycles. The molecule has 1 atom stereocenters. The minimum absolute atomic E-state index is 0.458. The van der Waals surface area contributed by atoms with E-state index in [9.17, 15) is 0 Å². The number of rotatable bonds is 5. The zero-order valence-electron chi connectivity index (χ0n) is 6.67. The summed E-state index contributed by atoms with van der Waals surface area (Å²) in [6.07, 6.45) is 1.08. The van der Waals surface area contributed by atoms with Gasteiger partial charge in [-0.15, -0.1) is 0 Å². The van der Waals surface area contributed by atoms with Gasteiger partial charge in [0.2, 0.25) is 0 Å². The molecule has 0 fully saturated rings. The molecule has 0 radical (unpaired) electrons. The predicted molar refractivity (Wildman–Crippen MR) is 54.4 cm³/mol. The third-order valence-corrected chi connectivity index (χ3v) is 1.92. The Balaban J connectivity index is 3.12. The zero-order chi connectivity index (χ0) is 7.98. The summed E-state index contributed by atoms with van der Waals surface area (Å²) in [6.45, 7) is 5.27. The van der Waals surface area contributed by atoms with E-state index >= 15 is 0 Å². The smallest absolute Gasteiger partial charge is 0.0150 e. The first-order chi connectivity index (χ1) is 4.66. The standard InChI is InChI=1S/C7H17NS2/c1-6(2)8-5-7(10)3-4-9/h6-10H,3-5H2,1-2H3. The molecular weight excluding hydrogens is 162 g/mol. The summed E-state index contributed by atoms with van der Waals surface area (Å²) < 4.78 is 0. The van der Waals surface area contributed by atoms with Crippen molar-refractivity contribution < 1.29 is 0 Å². The normalized spacial score (nSPS) is 14.1. The topological polar surface area (TPSA) is 12.0 Å². The Morgan fingerprint density at radius 3 is 2.40 bits per heavy atom. The Morgan fingerprint density at radius 2 is 2.00 bits per heavy atom. The van der Waals surface area contributed by atoms with Crippen LogP contribution in [0.25, 0.3) is 0 Å². The highest BCUT2D eigenvalue weighted by Gasteiger charge is 2.01. The van der Waals surface area contributed by atoms with Crippen molar-refractivity contribution in [2.45, 2.75) is 31.6 Å². The number of nitrogens with one attached hydrogen (secondary N) is 1. The first-order valence-electron chi connectivity index (χ1n) is 3.69. The predicted octanol–water partition coefficient (Wildman–Crippen LogP) is 1.60. The van der Waals surface area contributed by atoms with Crippen LogP contribution in [0.2, 0.25) is 0 Å². The molecule has 0 aliphatic rings. The van der Waals surface area contributed by atoms with Gasteiger partial charge < -0.3 is 5.32 Å². The van der Waals surface area contributed by atoms with E-state index in [1.807, 2.05) is 0 Å². The van der Waals surface area contributed by atoms with E-state index in [1.165, 1.54) is 0 Å². The molecule has 1 nitrogen and oxygen atoms in total. The fourth-order valence-electron chi connectivity index (χ4n) is 0.623. The van der Waals surface area contributed by atoms with Crippen molar-refractivity contribution in [1.82, 2.24) is 5.32 Å². The zero-order valence-corrected chi connectivity index (χ0v) is 8.46. The summed E-state index contributed by atoms with van der Waals surface area (Å²) in [6, 6.07) is 0.564. The summed E-state index contributed by atoms with van der Waals surface area (Å²) in [5.74, 6) is 0.925. The summed E-state index contributed by atoms with van der Waals surface area (Å²) in [5, 5.41) is 3.78. The van der Waals surface area contributed by atoms with E-state index in [1.54, 1.807) is 0 Å². The van der Waals surface area contributed by atoms with Crippen LogP contribution >= 0.6 is 25.3 Å². The highest BCUT2D eigenvalue weighted by atomic mass is 32.1. The minimum Gasteiger partial charge on any atom is -0.313 e. The molecule has 10 heavy (non-hydrogen) atoms. The van der Waals surface area contributed by atoms with Crippen molar-refractivity contribution in [2.75, 3.05) is 12.3 Å². The van der Waals surface area contributed by atoms with E-state index in [2.05, 4.69) is 44.4 Å². The Morgan fingerprint density at radius 1 is 1.40 bits per heavy atom. The Kier molecular flexibility index (Phi) is 6.80. The van der Waals surface area contributed by atoms with Gasteiger partial charge in [0.05, 0.1) is 0 Å². The van der Waals surface area contributed by atoms with Gasteiger partial charge in [0.1, 0.15) is 0 Å². The largest absolute Gasteiger partial charge is 0.313 e. The molecule has 0 bridgehead atoms. The fourth-order valence-corrected chi connectivity index (χ4v) is 1.37. The van der Waals surface area contributed by atoms with Crippen LogP contribution in [0.1, 0.15) is 20.3 Å². The van der Waals surface area contributed by atoms with Crippen molar-refractivity contribution in [1.29, 1.82) is 0 Å². The van der Waals surface area contributed by atoms with E-state index in [-0.39, 0.29) is 0 Å². The molecule has 0 aromatic carbocycles. The Bertz CT molecular complexity index is 76.0. The molecule has 62 valence electrons. The Labute approximate surface area is 74.8 Å². The van der Waals surface area contributed by atoms with Crippen molar-refractivity contribution in [3.8, 4) is 0 Å². The van der Waals surface area contributed by atoms with Crippen LogP contribution in [0, 0.1) is 0 Å². The SMILES string of the molecule is CC(C)NCC(S)CCS. The maximum absolute atomic E-state index is 4.37. The molecule has 0 spiro atoms. The lowest BCUT2D eigenvalue weighted by molar-refractivity contribution is 0.576. The molecule has 1 N–H and O–H groups in total. The van der Waals surface area contributed by atoms with E-state index in [0.29, 0.717) is 11.3 Å². The van der Waals surface area contributed by atoms with Crippen LogP contribution in [0.4, 0.5) is 0 Å². The Hall–Kier alpha value is 0.660. The first kappa shape index (κ1) is 10.7. The molecule has 0 aromatic heterocycles. The second kappa shape index (κ2) is 6.38. The van der Waals surface area contributed by atoms with Crippen molar-refractivity contribution in [3.05, 3.63) is 0 Å². The summed E-state index contributed by atoms with van der Waals surface area (Å²) in [4.78, 5) is 0. The summed E-state index contributed by atoms with van der Waals surface area (Å²) in [7, 11) is 0. The van der Waals surface area contributed by atoms with E-state index < -0.39 is 0 Å². The number of thiol groups is 2. The molecule has 0 rings (SSSR count). The summed E-state index contributed by atoms with van der Waals surface area (Å²) in [5.41, 5.74) is 0. The van der Waals surface area contributed by atoms with Gasteiger partial charge in [0, 0.05) is 17.8 Å². The average Bonchev–Trinajstić information content (AvgIpc) is 1.85. The molecular formula is C7H17NS2. The maximum atomic E-state index is 4.37. The molecule has 0 aromatic rings. The molecule has 0 amide bonds. The van der Waals surface area contributed by atoms with Gasteiger partial charge in [-0.1, -0.05) is 13.8 Å². The van der Waals surface area contributed by atoms with Gasteiger partial charge in [-0.2, -0.15) is 25.3 Å². The van der Waals surface area contributed by atoms with E-state index in [4.69, 9.17) is 0 Å². The van der Waals surface area contributed by atoms with Crippen LogP contribution in [0.5, 0.6) is 0 Å². The van der Waals surface area contributed by atoms with Crippen LogP contribution in [0.15, 0.2) is 0 Å². The quantitative estimate of drug-likeness (QED) is 0.545. The van der Waals surface area contributed by atoms with Gasteiger partial charge in [-0.25, -0.2) is 0 Å². The van der Waals surface area contributed by atoms with Crippen molar-refractivity contribution in [2.24, 2.45) is 0 Å². The van der Waals surface area contributed by atoms with Gasteiger partial charge in [-0.3, -0.25) is 0 Å². The lowest BCUT2D eigenvalue weighted by Crippen LogP contribution is -2.29. The monoisotopic (exact) mass is 179 g/mol. The average molecular weight is 179 g/mol. The van der Waals surface area contributed by atoms with Gasteiger partial charge in [0.15, 0.2) is 0 Å². The van der Waals surface area contributed by atoms with Gasteiger partial charge in [0.25, 0.3) is 0 Å². The highest BCUT2D eigenvalue weighted by molar-refractivity contribution is 7.81. The molecule has 0 saturated carbocycles. The molecule has 0 saturated heterocycles. The van der Waals surface area contributed by atoms with Crippen molar-refractivity contribution >= 4 is 25.3 Å². The number of hydrogen-bond acceptors (Lipinski definition) is 3. The van der Waals surface area contributed by atoms with Crippen LogP contribution in [-0.2, 0) is 0 Å². The third-order valence-electron chi connectivity index (χ3n) is 1.22. The first-order valence-corrected chi connectivity index (χ1v) is 4.84. The lowest BCUT2D eigenvalue weighted by atomic mass is 10.3. The minimum atomic E-state index is 0.458. The number of hydrogen-bond donors (Lipinski definition) is 3. The van der Waals surface area contributed by atoms with Gasteiger partial charge >= 0.3 is 0 Å². The van der Waals surface area contributed by atoms with E-state index in [0.717, 1.165) is 18.7 Å². The molecule has 0 heterocycles. The summed E-state index contributed by atoms with van der Waals surface area (Å²) >= 11 is 8.50. The molecule has 3 heteroatoms. The highest BCUT2D eigenvalue weighted by Crippen LogP contribution is 2.00. The second-order valence-corrected chi connectivity index (χ2v) is 3.91. The maximum Gasteiger partial charge on any atom is 0.0150 e. The lowest BCUT2D eigenvalue weighted by Gasteiger charge is -2.12. The fraction of sp³-hybridized carbons (Fsp3) is 1.00. The van der Waals surface area contributed by atoms with Crippen molar-refractivity contribution in [3.63, 3.8) is 0 Å². The molecule has 0 aliphatic heterocycles. The van der Waals surface area contributed by atoms with Crippen LogP contribution in [-0.4, -0.2) is 23.6 Å². The van der Waals surface area contributed by atoms with Crippen LogP contribution in [0.3, 0.4) is 0 Å². The molecule has 1 unspecified atom stereocenters. The van der Waals surface area contributed by atoms with Gasteiger partial charge in [-0.05, 0) is 12.2 Å². The third kappa shape index (κ3) is 6.78. The van der Waals surface area contributed by atoms with Crippen LogP contribution < -0.4 is 5.32 Å².